The van der Waals surface area contributed by atoms with E-state index in [9.17, 15) is 9.59 Å². The first kappa shape index (κ1) is 18.3. The molecule has 0 saturated heterocycles. The van der Waals surface area contributed by atoms with Gasteiger partial charge >= 0.3 is 6.09 Å². The molecule has 2 aromatic rings. The topological polar surface area (TPSA) is 121 Å². The number of aryl methyl sites for hydroxylation is 1. The average molecular weight is 384 g/mol. The van der Waals surface area contributed by atoms with E-state index in [1.165, 1.54) is 0 Å². The highest BCUT2D eigenvalue weighted by Crippen LogP contribution is 2.34. The summed E-state index contributed by atoms with van der Waals surface area (Å²) < 4.78 is 1.68. The standard InChI is InChI=1S/C19H24N6O3/c1-10-12-8-20-18(26)15(12)16(11-7-21-25(2)9-11)24-17(10)22-13-5-3-4-6-14(13)23-19(27)28/h7,9,13-14,23H,3-6,8H2,1-2H3,(H,20,26)(H,22,24)(H,27,28). The second-order valence-electron chi connectivity index (χ2n) is 7.46. The third kappa shape index (κ3) is 3.28. The predicted molar refractivity (Wildman–Crippen MR) is 103 cm³/mol. The lowest BCUT2D eigenvalue weighted by atomic mass is 9.90. The van der Waals surface area contributed by atoms with Crippen LogP contribution in [0.5, 0.6) is 0 Å². The van der Waals surface area contributed by atoms with Gasteiger partial charge in [-0.15, -0.1) is 0 Å². The summed E-state index contributed by atoms with van der Waals surface area (Å²) in [6, 6.07) is -0.205. The Morgan fingerprint density at radius 2 is 2.07 bits per heavy atom. The molecule has 1 fully saturated rings. The summed E-state index contributed by atoms with van der Waals surface area (Å²) in [5, 5.41) is 22.3. The van der Waals surface area contributed by atoms with Gasteiger partial charge in [0.1, 0.15) is 5.82 Å². The van der Waals surface area contributed by atoms with E-state index in [2.05, 4.69) is 21.0 Å². The molecule has 2 aromatic heterocycles. The first-order valence-corrected chi connectivity index (χ1v) is 9.50. The molecule has 2 amide bonds. The van der Waals surface area contributed by atoms with Crippen molar-refractivity contribution in [3.8, 4) is 11.3 Å². The molecule has 2 aliphatic rings. The molecule has 9 heteroatoms. The zero-order chi connectivity index (χ0) is 19.8. The van der Waals surface area contributed by atoms with Gasteiger partial charge in [0.2, 0.25) is 0 Å². The van der Waals surface area contributed by atoms with Crippen molar-refractivity contribution in [3.63, 3.8) is 0 Å². The molecule has 0 bridgehead atoms. The van der Waals surface area contributed by atoms with Gasteiger partial charge in [-0.2, -0.15) is 5.10 Å². The molecule has 0 spiro atoms. The Kier molecular flexibility index (Phi) is 4.66. The number of rotatable bonds is 4. The van der Waals surface area contributed by atoms with Crippen LogP contribution in [-0.4, -0.2) is 44.0 Å². The van der Waals surface area contributed by atoms with E-state index >= 15 is 0 Å². The average Bonchev–Trinajstić information content (AvgIpc) is 3.25. The third-order valence-electron chi connectivity index (χ3n) is 5.60. The Labute approximate surface area is 162 Å². The van der Waals surface area contributed by atoms with Crippen LogP contribution >= 0.6 is 0 Å². The number of anilines is 1. The molecule has 0 aromatic carbocycles. The molecule has 0 radical (unpaired) electrons. The van der Waals surface area contributed by atoms with Crippen LogP contribution in [0, 0.1) is 6.92 Å². The summed E-state index contributed by atoms with van der Waals surface area (Å²) in [6.07, 6.45) is 6.22. The third-order valence-corrected chi connectivity index (χ3v) is 5.60. The van der Waals surface area contributed by atoms with Crippen molar-refractivity contribution < 1.29 is 14.7 Å². The van der Waals surface area contributed by atoms with Crippen LogP contribution in [0.4, 0.5) is 10.6 Å². The molecular weight excluding hydrogens is 360 g/mol. The summed E-state index contributed by atoms with van der Waals surface area (Å²) in [6.45, 7) is 2.41. The normalized spacial score (nSPS) is 21.1. The maximum Gasteiger partial charge on any atom is 0.404 e. The zero-order valence-electron chi connectivity index (χ0n) is 16.0. The molecule has 3 heterocycles. The zero-order valence-corrected chi connectivity index (χ0v) is 16.0. The number of nitrogens with zero attached hydrogens (tertiary/aromatic N) is 3. The minimum absolute atomic E-state index is 0.0408. The molecular formula is C19H24N6O3. The highest BCUT2D eigenvalue weighted by Gasteiger charge is 2.31. The minimum atomic E-state index is -1.01. The Hall–Kier alpha value is -3.10. The van der Waals surface area contributed by atoms with Crippen LogP contribution in [-0.2, 0) is 13.6 Å². The fraction of sp³-hybridized carbons (Fsp3) is 0.474. The van der Waals surface area contributed by atoms with Crippen LogP contribution in [0.15, 0.2) is 12.4 Å². The number of carbonyl (C=O) groups excluding carboxylic acids is 1. The summed E-state index contributed by atoms with van der Waals surface area (Å²) in [5.41, 5.74) is 3.83. The summed E-state index contributed by atoms with van der Waals surface area (Å²) >= 11 is 0. The van der Waals surface area contributed by atoms with E-state index < -0.39 is 6.09 Å². The molecule has 4 N–H and O–H groups in total. The van der Waals surface area contributed by atoms with Crippen LogP contribution in [0.25, 0.3) is 11.3 Å². The lowest BCUT2D eigenvalue weighted by Gasteiger charge is -2.33. The number of pyridine rings is 1. The van der Waals surface area contributed by atoms with Gasteiger partial charge < -0.3 is 21.1 Å². The Morgan fingerprint density at radius 1 is 1.32 bits per heavy atom. The second kappa shape index (κ2) is 7.14. The summed E-state index contributed by atoms with van der Waals surface area (Å²) in [7, 11) is 1.82. The van der Waals surface area contributed by atoms with Crippen molar-refractivity contribution in [3.05, 3.63) is 29.1 Å². The molecule has 1 saturated carbocycles. The summed E-state index contributed by atoms with van der Waals surface area (Å²) in [5.74, 6) is 0.567. The number of amides is 2. The van der Waals surface area contributed by atoms with Gasteiger partial charge in [0.05, 0.1) is 23.5 Å². The maximum atomic E-state index is 12.4. The highest BCUT2D eigenvalue weighted by atomic mass is 16.4. The Bertz CT molecular complexity index is 938. The van der Waals surface area contributed by atoms with Gasteiger partial charge in [0, 0.05) is 31.4 Å². The minimum Gasteiger partial charge on any atom is -0.465 e. The fourth-order valence-electron chi connectivity index (χ4n) is 4.15. The fourth-order valence-corrected chi connectivity index (χ4v) is 4.15. The number of nitrogens with one attached hydrogen (secondary N) is 3. The largest absolute Gasteiger partial charge is 0.465 e. The smallest absolute Gasteiger partial charge is 0.404 e. The number of fused-ring (bicyclic) bond motifs is 1. The van der Waals surface area contributed by atoms with Crippen molar-refractivity contribution in [1.29, 1.82) is 0 Å². The van der Waals surface area contributed by atoms with Crippen molar-refractivity contribution in [1.82, 2.24) is 25.4 Å². The molecule has 148 valence electrons. The Balaban J connectivity index is 1.73. The maximum absolute atomic E-state index is 12.4. The quantitative estimate of drug-likeness (QED) is 0.640. The van der Waals surface area contributed by atoms with E-state index in [-0.39, 0.29) is 18.0 Å². The molecule has 1 aliphatic heterocycles. The van der Waals surface area contributed by atoms with Gasteiger partial charge in [-0.25, -0.2) is 9.78 Å². The SMILES string of the molecule is Cc1c(NC2CCCCC2NC(=O)O)nc(-c2cnn(C)c2)c2c1CNC2=O. The molecule has 1 aliphatic carbocycles. The van der Waals surface area contributed by atoms with E-state index in [1.54, 1.807) is 10.9 Å². The molecule has 28 heavy (non-hydrogen) atoms. The first-order chi connectivity index (χ1) is 13.4. The molecule has 4 rings (SSSR count). The van der Waals surface area contributed by atoms with Crippen molar-refractivity contribution in [2.45, 2.75) is 51.2 Å². The number of hydrogen-bond donors (Lipinski definition) is 4. The number of carboxylic acid groups (broad SMARTS) is 1. The number of carbonyl (C=O) groups is 2. The molecule has 9 nitrogen and oxygen atoms in total. The molecule has 2 atom stereocenters. The lowest BCUT2D eigenvalue weighted by molar-refractivity contribution is 0.0966. The van der Waals surface area contributed by atoms with Crippen molar-refractivity contribution in [2.24, 2.45) is 7.05 Å². The van der Waals surface area contributed by atoms with E-state index in [0.717, 1.165) is 42.4 Å². The second-order valence-corrected chi connectivity index (χ2v) is 7.46. The predicted octanol–water partition coefficient (Wildman–Crippen LogP) is 2.02. The van der Waals surface area contributed by atoms with Gasteiger partial charge in [0.25, 0.3) is 5.91 Å². The van der Waals surface area contributed by atoms with Crippen LogP contribution in [0.3, 0.4) is 0 Å². The number of aromatic nitrogens is 3. The van der Waals surface area contributed by atoms with Crippen LogP contribution in [0.2, 0.25) is 0 Å². The van der Waals surface area contributed by atoms with Crippen LogP contribution in [0.1, 0.15) is 47.2 Å². The van der Waals surface area contributed by atoms with E-state index in [0.29, 0.717) is 23.6 Å². The van der Waals surface area contributed by atoms with Gasteiger partial charge in [0.15, 0.2) is 0 Å². The molecule has 2 unspecified atom stereocenters. The lowest BCUT2D eigenvalue weighted by Crippen LogP contribution is -2.48. The van der Waals surface area contributed by atoms with Gasteiger partial charge in [-0.3, -0.25) is 9.48 Å². The highest BCUT2D eigenvalue weighted by molar-refractivity contribution is 6.04. The van der Waals surface area contributed by atoms with Crippen LogP contribution < -0.4 is 16.0 Å². The van der Waals surface area contributed by atoms with Crippen molar-refractivity contribution >= 4 is 17.8 Å². The van der Waals surface area contributed by atoms with Crippen molar-refractivity contribution in [2.75, 3.05) is 5.32 Å². The number of hydrogen-bond acceptors (Lipinski definition) is 5. The first-order valence-electron chi connectivity index (χ1n) is 9.50. The van der Waals surface area contributed by atoms with E-state index in [4.69, 9.17) is 10.1 Å². The monoisotopic (exact) mass is 384 g/mol. The van der Waals surface area contributed by atoms with Gasteiger partial charge in [-0.1, -0.05) is 12.8 Å². The van der Waals surface area contributed by atoms with E-state index in [1.807, 2.05) is 20.2 Å². The van der Waals surface area contributed by atoms with Gasteiger partial charge in [-0.05, 0) is 30.9 Å². The Morgan fingerprint density at radius 3 is 2.75 bits per heavy atom. The summed E-state index contributed by atoms with van der Waals surface area (Å²) in [4.78, 5) is 28.4.